The van der Waals surface area contributed by atoms with Crippen LogP contribution in [0.4, 0.5) is 10.1 Å². The maximum atomic E-state index is 13.2. The minimum absolute atomic E-state index is 0.0871. The van der Waals surface area contributed by atoms with E-state index < -0.39 is 5.60 Å². The van der Waals surface area contributed by atoms with E-state index in [0.717, 1.165) is 41.4 Å². The number of anilines is 1. The zero-order valence-electron chi connectivity index (χ0n) is 20.2. The SMILES string of the molecule is CN(C)CCC(CSc1ccc(F)cc1)Nc1c(Cl)cc(SNC(=O)C2(C)CCCCO2)cc1Cl. The van der Waals surface area contributed by atoms with Gasteiger partial charge in [0.1, 0.15) is 11.4 Å². The van der Waals surface area contributed by atoms with Crippen LogP contribution in [0.2, 0.25) is 10.0 Å². The standard InChI is InChI=1S/C25H32Cl2FN3O2S2/c1-25(11-4-5-13-33-25)24(32)30-35-20-14-21(26)23(22(27)15-20)29-18(10-12-31(2)3)16-34-19-8-6-17(28)7-9-19/h6-9,14-15,18,29H,4-5,10-13,16H2,1-3H3,(H,30,32). The molecule has 5 nitrogen and oxygen atoms in total. The highest BCUT2D eigenvalue weighted by Crippen LogP contribution is 2.36. The molecule has 35 heavy (non-hydrogen) atoms. The van der Waals surface area contributed by atoms with Gasteiger partial charge >= 0.3 is 0 Å². The van der Waals surface area contributed by atoms with Crippen LogP contribution < -0.4 is 10.0 Å². The average molecular weight is 561 g/mol. The summed E-state index contributed by atoms with van der Waals surface area (Å²) in [5, 5.41) is 4.47. The topological polar surface area (TPSA) is 53.6 Å². The van der Waals surface area contributed by atoms with Gasteiger partial charge in [0.05, 0.1) is 15.7 Å². The van der Waals surface area contributed by atoms with Crippen molar-refractivity contribution in [3.05, 3.63) is 52.3 Å². The summed E-state index contributed by atoms with van der Waals surface area (Å²) >= 11 is 16.1. The van der Waals surface area contributed by atoms with Crippen LogP contribution in [0.3, 0.4) is 0 Å². The van der Waals surface area contributed by atoms with Crippen LogP contribution in [0, 0.1) is 5.82 Å². The molecule has 2 atom stereocenters. The Bertz CT molecular complexity index is 966. The summed E-state index contributed by atoms with van der Waals surface area (Å²) < 4.78 is 21.8. The normalized spacial score (nSPS) is 18.9. The first-order chi connectivity index (χ1) is 16.7. The highest BCUT2D eigenvalue weighted by atomic mass is 35.5. The van der Waals surface area contributed by atoms with E-state index in [9.17, 15) is 9.18 Å². The first-order valence-electron chi connectivity index (χ1n) is 11.6. The quantitative estimate of drug-likeness (QED) is 0.235. The fourth-order valence-corrected chi connectivity index (χ4v) is 6.09. The van der Waals surface area contributed by atoms with Crippen LogP contribution in [0.1, 0.15) is 32.6 Å². The summed E-state index contributed by atoms with van der Waals surface area (Å²) in [6.45, 7) is 3.31. The molecule has 1 aliphatic heterocycles. The number of ether oxygens (including phenoxy) is 1. The van der Waals surface area contributed by atoms with Crippen molar-refractivity contribution in [2.75, 3.05) is 38.3 Å². The maximum Gasteiger partial charge on any atom is 0.262 e. The van der Waals surface area contributed by atoms with E-state index in [0.29, 0.717) is 28.8 Å². The van der Waals surface area contributed by atoms with Crippen molar-refractivity contribution >= 4 is 58.5 Å². The van der Waals surface area contributed by atoms with Gasteiger partial charge in [-0.1, -0.05) is 23.2 Å². The fourth-order valence-electron chi connectivity index (χ4n) is 3.62. The number of carbonyl (C=O) groups excluding carboxylic acids is 1. The molecule has 0 saturated carbocycles. The van der Waals surface area contributed by atoms with Crippen molar-refractivity contribution in [3.8, 4) is 0 Å². The molecule has 1 aliphatic rings. The number of halogens is 3. The van der Waals surface area contributed by atoms with Crippen molar-refractivity contribution in [3.63, 3.8) is 0 Å². The van der Waals surface area contributed by atoms with E-state index in [1.165, 1.54) is 24.1 Å². The Morgan fingerprint density at radius 2 is 1.86 bits per heavy atom. The van der Waals surface area contributed by atoms with E-state index >= 15 is 0 Å². The lowest BCUT2D eigenvalue weighted by molar-refractivity contribution is -0.148. The second kappa shape index (κ2) is 13.4. The molecule has 3 rings (SSSR count). The third kappa shape index (κ3) is 8.72. The van der Waals surface area contributed by atoms with Gasteiger partial charge in [-0.25, -0.2) is 4.39 Å². The molecule has 1 fully saturated rings. The zero-order valence-corrected chi connectivity index (χ0v) is 23.4. The predicted octanol–water partition coefficient (Wildman–Crippen LogP) is 6.74. The molecule has 2 aromatic rings. The lowest BCUT2D eigenvalue weighted by Gasteiger charge is -2.32. The monoisotopic (exact) mass is 559 g/mol. The van der Waals surface area contributed by atoms with Gasteiger partial charge in [0.15, 0.2) is 0 Å². The van der Waals surface area contributed by atoms with Gasteiger partial charge in [-0.2, -0.15) is 0 Å². The van der Waals surface area contributed by atoms with Crippen molar-refractivity contribution in [2.45, 2.75) is 54.0 Å². The third-order valence-corrected chi connectivity index (χ3v) is 8.29. The molecule has 0 aliphatic carbocycles. The Morgan fingerprint density at radius 3 is 2.46 bits per heavy atom. The number of nitrogens with one attached hydrogen (secondary N) is 2. The lowest BCUT2D eigenvalue weighted by atomic mass is 9.95. The van der Waals surface area contributed by atoms with E-state index in [4.69, 9.17) is 27.9 Å². The number of amides is 1. The summed E-state index contributed by atoms with van der Waals surface area (Å²) in [6.07, 6.45) is 3.53. The van der Waals surface area contributed by atoms with E-state index in [-0.39, 0.29) is 17.8 Å². The molecular weight excluding hydrogens is 528 g/mol. The Balaban J connectivity index is 1.64. The highest BCUT2D eigenvalue weighted by molar-refractivity contribution is 7.99. The average Bonchev–Trinajstić information content (AvgIpc) is 2.82. The smallest absolute Gasteiger partial charge is 0.262 e. The summed E-state index contributed by atoms with van der Waals surface area (Å²) in [7, 11) is 4.06. The Labute approximate surface area is 226 Å². The molecule has 0 bridgehead atoms. The van der Waals surface area contributed by atoms with E-state index in [2.05, 4.69) is 14.9 Å². The Morgan fingerprint density at radius 1 is 1.17 bits per heavy atom. The van der Waals surface area contributed by atoms with Crippen LogP contribution in [0.25, 0.3) is 0 Å². The van der Waals surface area contributed by atoms with Crippen molar-refractivity contribution in [1.29, 1.82) is 0 Å². The summed E-state index contributed by atoms with van der Waals surface area (Å²) in [5.41, 5.74) is -0.141. The van der Waals surface area contributed by atoms with Gasteiger partial charge in [0.2, 0.25) is 0 Å². The number of nitrogens with zero attached hydrogens (tertiary/aromatic N) is 1. The molecule has 1 saturated heterocycles. The van der Waals surface area contributed by atoms with Gasteiger partial charge in [-0.3, -0.25) is 9.52 Å². The van der Waals surface area contributed by atoms with Gasteiger partial charge in [0.25, 0.3) is 5.91 Å². The maximum absolute atomic E-state index is 13.2. The Hall–Kier alpha value is -1.16. The molecule has 2 unspecified atom stereocenters. The fraction of sp³-hybridized carbons (Fsp3) is 0.480. The van der Waals surface area contributed by atoms with Crippen LogP contribution in [0.15, 0.2) is 46.2 Å². The summed E-state index contributed by atoms with van der Waals surface area (Å²) in [6, 6.07) is 10.2. The second-order valence-corrected chi connectivity index (χ2v) is 11.8. The summed E-state index contributed by atoms with van der Waals surface area (Å²) in [4.78, 5) is 16.5. The van der Waals surface area contributed by atoms with Gasteiger partial charge in [-0.15, -0.1) is 11.8 Å². The third-order valence-electron chi connectivity index (χ3n) is 5.76. The first-order valence-corrected chi connectivity index (χ1v) is 14.1. The molecule has 0 spiro atoms. The lowest BCUT2D eigenvalue weighted by Crippen LogP contribution is -2.46. The van der Waals surface area contributed by atoms with Crippen LogP contribution in [0.5, 0.6) is 0 Å². The minimum Gasteiger partial charge on any atom is -0.379 e. The predicted molar refractivity (Wildman–Crippen MR) is 146 cm³/mol. The molecule has 10 heteroatoms. The highest BCUT2D eigenvalue weighted by Gasteiger charge is 2.36. The van der Waals surface area contributed by atoms with E-state index in [1.54, 1.807) is 36.0 Å². The minimum atomic E-state index is -0.803. The van der Waals surface area contributed by atoms with E-state index in [1.807, 2.05) is 21.0 Å². The molecule has 1 heterocycles. The Kier molecular flexibility index (Phi) is 10.9. The number of rotatable bonds is 11. The van der Waals surface area contributed by atoms with Gasteiger partial charge in [-0.05, 0) is 102 Å². The molecular formula is C25H32Cl2FN3O2S2. The first kappa shape index (κ1) is 28.4. The summed E-state index contributed by atoms with van der Waals surface area (Å²) in [5.74, 6) is 0.361. The molecule has 192 valence electrons. The van der Waals surface area contributed by atoms with Crippen LogP contribution >= 0.6 is 46.9 Å². The number of carbonyl (C=O) groups is 1. The molecule has 2 aromatic carbocycles. The van der Waals surface area contributed by atoms with Crippen molar-refractivity contribution < 1.29 is 13.9 Å². The molecule has 1 amide bonds. The number of hydrogen-bond donors (Lipinski definition) is 2. The van der Waals surface area contributed by atoms with Crippen molar-refractivity contribution in [1.82, 2.24) is 9.62 Å². The number of hydrogen-bond acceptors (Lipinski definition) is 6. The zero-order chi connectivity index (χ0) is 25.4. The van der Waals surface area contributed by atoms with Gasteiger partial charge in [0, 0.05) is 28.2 Å². The molecule has 2 N–H and O–H groups in total. The number of thioether (sulfide) groups is 1. The number of benzene rings is 2. The van der Waals surface area contributed by atoms with Crippen LogP contribution in [-0.4, -0.2) is 55.4 Å². The second-order valence-electron chi connectivity index (χ2n) is 9.03. The molecule has 0 aromatic heterocycles. The van der Waals surface area contributed by atoms with Crippen molar-refractivity contribution in [2.24, 2.45) is 0 Å². The van der Waals surface area contributed by atoms with Gasteiger partial charge < -0.3 is 15.0 Å². The van der Waals surface area contributed by atoms with Crippen LogP contribution in [-0.2, 0) is 9.53 Å². The molecule has 0 radical (unpaired) electrons. The largest absolute Gasteiger partial charge is 0.379 e.